The van der Waals surface area contributed by atoms with Crippen molar-refractivity contribution in [1.29, 1.82) is 0 Å². The largest absolute Gasteiger partial charge is 0.495 e. The Bertz CT molecular complexity index is 1400. The Labute approximate surface area is 235 Å². The molecule has 0 aliphatic heterocycles. The molecule has 0 radical (unpaired) electrons. The van der Waals surface area contributed by atoms with Gasteiger partial charge in [0.25, 0.3) is 10.0 Å². The molecule has 0 aliphatic rings. The number of anilines is 1. The average Bonchev–Trinajstić information content (AvgIpc) is 2.93. The molecule has 0 aliphatic carbocycles. The summed E-state index contributed by atoms with van der Waals surface area (Å²) in [5, 5.41) is 3.10. The molecular formula is C29H34ClN3O5S. The summed E-state index contributed by atoms with van der Waals surface area (Å²) in [5.41, 5.74) is 1.93. The summed E-state index contributed by atoms with van der Waals surface area (Å²) >= 11 is 6.25. The van der Waals surface area contributed by atoms with Gasteiger partial charge in [0.2, 0.25) is 11.8 Å². The van der Waals surface area contributed by atoms with E-state index in [2.05, 4.69) is 5.32 Å². The van der Waals surface area contributed by atoms with Gasteiger partial charge in [-0.3, -0.25) is 13.9 Å². The molecule has 0 bridgehead atoms. The van der Waals surface area contributed by atoms with Gasteiger partial charge in [-0.05, 0) is 56.2 Å². The van der Waals surface area contributed by atoms with Crippen LogP contribution < -0.4 is 14.4 Å². The smallest absolute Gasteiger partial charge is 0.264 e. The second-order valence-corrected chi connectivity index (χ2v) is 11.4. The Balaban J connectivity index is 2.08. The molecule has 1 atom stereocenters. The molecule has 3 aromatic rings. The minimum atomic E-state index is -4.23. The molecule has 208 valence electrons. The van der Waals surface area contributed by atoms with Crippen molar-refractivity contribution < 1.29 is 22.7 Å². The summed E-state index contributed by atoms with van der Waals surface area (Å²) in [6.07, 6.45) is 0.738. The number of nitrogens with one attached hydrogen (secondary N) is 1. The Morgan fingerprint density at radius 2 is 1.74 bits per heavy atom. The van der Waals surface area contributed by atoms with E-state index >= 15 is 0 Å². The van der Waals surface area contributed by atoms with Crippen LogP contribution in [0.25, 0.3) is 0 Å². The van der Waals surface area contributed by atoms with Gasteiger partial charge in [-0.15, -0.1) is 0 Å². The molecule has 3 aromatic carbocycles. The molecule has 8 nitrogen and oxygen atoms in total. The van der Waals surface area contributed by atoms with Gasteiger partial charge in [0.05, 0.1) is 17.7 Å². The zero-order valence-corrected chi connectivity index (χ0v) is 24.1. The monoisotopic (exact) mass is 571 g/mol. The van der Waals surface area contributed by atoms with Crippen molar-refractivity contribution in [3.8, 4) is 5.75 Å². The maximum atomic E-state index is 14.0. The van der Waals surface area contributed by atoms with Crippen molar-refractivity contribution in [2.45, 2.75) is 44.7 Å². The molecule has 1 N–H and O–H groups in total. The molecule has 0 saturated carbocycles. The van der Waals surface area contributed by atoms with Gasteiger partial charge in [0.1, 0.15) is 18.3 Å². The Hall–Kier alpha value is -3.56. The highest BCUT2D eigenvalue weighted by Crippen LogP contribution is 2.35. The Morgan fingerprint density at radius 1 is 1.03 bits per heavy atom. The van der Waals surface area contributed by atoms with E-state index in [1.54, 1.807) is 37.3 Å². The van der Waals surface area contributed by atoms with E-state index < -0.39 is 28.5 Å². The maximum Gasteiger partial charge on any atom is 0.264 e. The van der Waals surface area contributed by atoms with Gasteiger partial charge >= 0.3 is 0 Å². The highest BCUT2D eigenvalue weighted by molar-refractivity contribution is 7.92. The molecule has 39 heavy (non-hydrogen) atoms. The van der Waals surface area contributed by atoms with Crippen molar-refractivity contribution in [2.24, 2.45) is 0 Å². The van der Waals surface area contributed by atoms with Gasteiger partial charge in [-0.25, -0.2) is 8.42 Å². The lowest BCUT2D eigenvalue weighted by molar-refractivity contribution is -0.139. The maximum absolute atomic E-state index is 14.0. The third-order valence-corrected chi connectivity index (χ3v) is 8.18. The van der Waals surface area contributed by atoms with Crippen LogP contribution in [0.1, 0.15) is 31.4 Å². The van der Waals surface area contributed by atoms with E-state index in [1.807, 2.05) is 38.1 Å². The van der Waals surface area contributed by atoms with Gasteiger partial charge in [-0.2, -0.15) is 0 Å². The summed E-state index contributed by atoms with van der Waals surface area (Å²) < 4.78 is 34.2. The van der Waals surface area contributed by atoms with E-state index in [0.29, 0.717) is 6.54 Å². The number of ether oxygens (including phenoxy) is 1. The molecule has 0 spiro atoms. The number of nitrogens with zero attached hydrogens (tertiary/aromatic N) is 2. The molecule has 3 rings (SSSR count). The average molecular weight is 572 g/mol. The zero-order chi connectivity index (χ0) is 28.6. The van der Waals surface area contributed by atoms with Crippen LogP contribution in [0.4, 0.5) is 5.69 Å². The third-order valence-electron chi connectivity index (χ3n) is 6.17. The molecule has 0 saturated heterocycles. The SMILES string of the molecule is CCCNC(=O)[C@H](C)N(Cc1cccc(C)c1)C(=O)CN(c1cc(Cl)ccc1OC)S(=O)(=O)c1ccccc1. The van der Waals surface area contributed by atoms with E-state index in [1.165, 1.54) is 30.2 Å². The van der Waals surface area contributed by atoms with Gasteiger partial charge in [0.15, 0.2) is 0 Å². The van der Waals surface area contributed by atoms with Crippen molar-refractivity contribution in [3.63, 3.8) is 0 Å². The van der Waals surface area contributed by atoms with Crippen LogP contribution in [-0.2, 0) is 26.2 Å². The summed E-state index contributed by atoms with van der Waals surface area (Å²) in [5.74, 6) is -0.654. The van der Waals surface area contributed by atoms with Crippen molar-refractivity contribution in [3.05, 3.63) is 88.9 Å². The Morgan fingerprint density at radius 3 is 2.38 bits per heavy atom. The third kappa shape index (κ3) is 7.52. The number of hydrogen-bond acceptors (Lipinski definition) is 5. The van der Waals surface area contributed by atoms with Crippen LogP contribution in [-0.4, -0.2) is 51.4 Å². The number of halogens is 1. The zero-order valence-electron chi connectivity index (χ0n) is 22.6. The first-order chi connectivity index (χ1) is 18.6. The second-order valence-electron chi connectivity index (χ2n) is 9.12. The van der Waals surface area contributed by atoms with Crippen molar-refractivity contribution in [1.82, 2.24) is 10.2 Å². The van der Waals surface area contributed by atoms with E-state index in [0.717, 1.165) is 21.9 Å². The predicted octanol–water partition coefficient (Wildman–Crippen LogP) is 4.80. The number of amides is 2. The van der Waals surface area contributed by atoms with Gasteiger partial charge in [0, 0.05) is 18.1 Å². The fourth-order valence-electron chi connectivity index (χ4n) is 4.08. The standard InChI is InChI=1S/C29H34ClN3O5S/c1-5-16-31-29(35)22(3)32(19-23-11-9-10-21(2)17-23)28(34)20-33(26-18-24(30)14-15-27(26)38-4)39(36,37)25-12-7-6-8-13-25/h6-15,17-18,22H,5,16,19-20H2,1-4H3,(H,31,35)/t22-/m0/s1. The number of carbonyl (C=O) groups excluding carboxylic acids is 2. The molecule has 0 heterocycles. The molecule has 10 heteroatoms. The number of rotatable bonds is 12. The lowest BCUT2D eigenvalue weighted by Crippen LogP contribution is -2.51. The number of hydrogen-bond donors (Lipinski definition) is 1. The molecule has 0 unspecified atom stereocenters. The number of methoxy groups -OCH3 is 1. The Kier molecular flexibility index (Phi) is 10.4. The van der Waals surface area contributed by atoms with Crippen LogP contribution in [0.2, 0.25) is 5.02 Å². The first-order valence-corrected chi connectivity index (χ1v) is 14.4. The minimum Gasteiger partial charge on any atom is -0.495 e. The highest BCUT2D eigenvalue weighted by atomic mass is 35.5. The van der Waals surface area contributed by atoms with E-state index in [-0.39, 0.29) is 33.8 Å². The van der Waals surface area contributed by atoms with Crippen LogP contribution in [0.15, 0.2) is 77.7 Å². The van der Waals surface area contributed by atoms with Gasteiger partial charge in [-0.1, -0.05) is 66.6 Å². The summed E-state index contributed by atoms with van der Waals surface area (Å²) in [7, 11) is -2.82. The second kappa shape index (κ2) is 13.5. The number of aryl methyl sites for hydroxylation is 1. The normalized spacial score (nSPS) is 11.9. The summed E-state index contributed by atoms with van der Waals surface area (Å²) in [6.45, 7) is 5.51. The van der Waals surface area contributed by atoms with Crippen LogP contribution in [0.3, 0.4) is 0 Å². The summed E-state index contributed by atoms with van der Waals surface area (Å²) in [4.78, 5) is 28.3. The minimum absolute atomic E-state index is 0.00111. The van der Waals surface area contributed by atoms with E-state index in [9.17, 15) is 18.0 Å². The molecule has 0 fully saturated rings. The fourth-order valence-corrected chi connectivity index (χ4v) is 5.68. The molecule has 0 aromatic heterocycles. The van der Waals surface area contributed by atoms with Crippen LogP contribution in [0, 0.1) is 6.92 Å². The molecule has 2 amide bonds. The topological polar surface area (TPSA) is 96.0 Å². The highest BCUT2D eigenvalue weighted by Gasteiger charge is 2.33. The number of carbonyl (C=O) groups is 2. The van der Waals surface area contributed by atoms with Crippen molar-refractivity contribution in [2.75, 3.05) is 24.5 Å². The predicted molar refractivity (Wildman–Crippen MR) is 153 cm³/mol. The van der Waals surface area contributed by atoms with Crippen molar-refractivity contribution >= 4 is 39.1 Å². The lowest BCUT2D eigenvalue weighted by atomic mass is 10.1. The first-order valence-electron chi connectivity index (χ1n) is 12.6. The number of benzene rings is 3. The first kappa shape index (κ1) is 30.0. The quantitative estimate of drug-likeness (QED) is 0.337. The van der Waals surface area contributed by atoms with E-state index in [4.69, 9.17) is 16.3 Å². The summed E-state index contributed by atoms with van der Waals surface area (Å²) in [6, 6.07) is 19.1. The number of sulfonamides is 1. The lowest BCUT2D eigenvalue weighted by Gasteiger charge is -2.32. The van der Waals surface area contributed by atoms with Crippen LogP contribution in [0.5, 0.6) is 5.75 Å². The van der Waals surface area contributed by atoms with Gasteiger partial charge < -0.3 is 15.0 Å². The molecular weight excluding hydrogens is 538 g/mol. The fraction of sp³-hybridized carbons (Fsp3) is 0.310. The van der Waals surface area contributed by atoms with Crippen LogP contribution >= 0.6 is 11.6 Å².